The van der Waals surface area contributed by atoms with Gasteiger partial charge in [-0.05, 0) is 61.4 Å². The molecule has 2 aromatic rings. The molecule has 0 aliphatic carbocycles. The molecule has 0 saturated carbocycles. The number of aromatic nitrogens is 1. The van der Waals surface area contributed by atoms with Crippen LogP contribution in [0.25, 0.3) is 0 Å². The van der Waals surface area contributed by atoms with Crippen molar-refractivity contribution in [1.82, 2.24) is 9.88 Å². The van der Waals surface area contributed by atoms with Crippen LogP contribution in [-0.2, 0) is 17.0 Å². The van der Waals surface area contributed by atoms with Crippen LogP contribution in [0, 0.1) is 5.92 Å². The first-order valence-corrected chi connectivity index (χ1v) is 10.8. The van der Waals surface area contributed by atoms with Gasteiger partial charge in [0.2, 0.25) is 5.91 Å². The van der Waals surface area contributed by atoms with E-state index in [-0.39, 0.29) is 5.91 Å². The molecule has 1 aromatic heterocycles. The summed E-state index contributed by atoms with van der Waals surface area (Å²) >= 11 is 1.66. The molecule has 2 heterocycles. The van der Waals surface area contributed by atoms with Gasteiger partial charge in [0.1, 0.15) is 5.75 Å². The van der Waals surface area contributed by atoms with Gasteiger partial charge in [-0.3, -0.25) is 9.78 Å². The summed E-state index contributed by atoms with van der Waals surface area (Å²) in [5.74, 6) is 3.24. The van der Waals surface area contributed by atoms with E-state index in [2.05, 4.69) is 17.1 Å². The lowest BCUT2D eigenvalue weighted by molar-refractivity contribution is -0.129. The molecular formula is C22H28N2O2S. The monoisotopic (exact) mass is 384 g/mol. The Labute approximate surface area is 166 Å². The molecule has 1 saturated heterocycles. The van der Waals surface area contributed by atoms with Crippen LogP contribution in [0.5, 0.6) is 5.75 Å². The van der Waals surface area contributed by atoms with Gasteiger partial charge in [-0.2, -0.15) is 0 Å². The SMILES string of the molecule is COc1ccc(CCC2CCN(C(=O)CSCc3ccccn3)CC2)cc1. The van der Waals surface area contributed by atoms with Gasteiger partial charge in [0.25, 0.3) is 0 Å². The number of ether oxygens (including phenoxy) is 1. The van der Waals surface area contributed by atoms with Gasteiger partial charge in [-0.1, -0.05) is 18.2 Å². The average Bonchev–Trinajstić information content (AvgIpc) is 2.73. The largest absolute Gasteiger partial charge is 0.497 e. The normalized spacial score (nSPS) is 14.9. The van der Waals surface area contributed by atoms with Gasteiger partial charge in [0.15, 0.2) is 0 Å². The first-order valence-electron chi connectivity index (χ1n) is 9.63. The van der Waals surface area contributed by atoms with Crippen molar-refractivity contribution in [3.63, 3.8) is 0 Å². The molecule has 27 heavy (non-hydrogen) atoms. The lowest BCUT2D eigenvalue weighted by Crippen LogP contribution is -2.39. The summed E-state index contributed by atoms with van der Waals surface area (Å²) in [7, 11) is 1.70. The summed E-state index contributed by atoms with van der Waals surface area (Å²) in [5.41, 5.74) is 2.40. The fourth-order valence-electron chi connectivity index (χ4n) is 3.45. The number of pyridine rings is 1. The molecule has 5 heteroatoms. The number of benzene rings is 1. The van der Waals surface area contributed by atoms with Crippen molar-refractivity contribution in [2.24, 2.45) is 5.92 Å². The van der Waals surface area contributed by atoms with E-state index in [0.29, 0.717) is 5.75 Å². The second kappa shape index (κ2) is 10.4. The maximum Gasteiger partial charge on any atom is 0.232 e. The number of nitrogens with zero attached hydrogens (tertiary/aromatic N) is 2. The summed E-state index contributed by atoms with van der Waals surface area (Å²) in [6.07, 6.45) is 6.33. The number of hydrogen-bond donors (Lipinski definition) is 0. The summed E-state index contributed by atoms with van der Waals surface area (Å²) in [5, 5.41) is 0. The fraction of sp³-hybridized carbons (Fsp3) is 0.455. The molecule has 4 nitrogen and oxygen atoms in total. The predicted octanol–water partition coefficient (Wildman–Crippen LogP) is 4.19. The molecule has 0 atom stereocenters. The van der Waals surface area contributed by atoms with Crippen molar-refractivity contribution in [1.29, 1.82) is 0 Å². The summed E-state index contributed by atoms with van der Waals surface area (Å²) in [6.45, 7) is 1.80. The van der Waals surface area contributed by atoms with Crippen molar-refractivity contribution in [3.8, 4) is 5.75 Å². The second-order valence-corrected chi connectivity index (χ2v) is 8.01. The Morgan fingerprint density at radius 2 is 1.96 bits per heavy atom. The average molecular weight is 385 g/mol. The molecule has 1 fully saturated rings. The summed E-state index contributed by atoms with van der Waals surface area (Å²) in [6, 6.07) is 14.3. The molecule has 0 spiro atoms. The number of carbonyl (C=O) groups is 1. The Balaban J connectivity index is 1.33. The summed E-state index contributed by atoms with van der Waals surface area (Å²) < 4.78 is 5.21. The minimum absolute atomic E-state index is 0.268. The van der Waals surface area contributed by atoms with Crippen molar-refractivity contribution < 1.29 is 9.53 Å². The van der Waals surface area contributed by atoms with Gasteiger partial charge < -0.3 is 9.64 Å². The summed E-state index contributed by atoms with van der Waals surface area (Å²) in [4.78, 5) is 18.7. The number of methoxy groups -OCH3 is 1. The van der Waals surface area contributed by atoms with Crippen LogP contribution >= 0.6 is 11.8 Å². The minimum atomic E-state index is 0.268. The topological polar surface area (TPSA) is 42.4 Å². The van der Waals surface area contributed by atoms with E-state index in [1.165, 1.54) is 12.0 Å². The highest BCUT2D eigenvalue weighted by Crippen LogP contribution is 2.24. The predicted molar refractivity (Wildman–Crippen MR) is 111 cm³/mol. The Hall–Kier alpha value is -2.01. The van der Waals surface area contributed by atoms with E-state index in [1.807, 2.05) is 35.2 Å². The highest BCUT2D eigenvalue weighted by molar-refractivity contribution is 7.99. The van der Waals surface area contributed by atoms with Gasteiger partial charge in [-0.15, -0.1) is 11.8 Å². The zero-order valence-electron chi connectivity index (χ0n) is 16.0. The maximum atomic E-state index is 12.4. The number of piperidine rings is 1. The van der Waals surface area contributed by atoms with E-state index < -0.39 is 0 Å². The zero-order chi connectivity index (χ0) is 18.9. The molecule has 0 bridgehead atoms. The van der Waals surface area contributed by atoms with Crippen LogP contribution in [0.3, 0.4) is 0 Å². The van der Waals surface area contributed by atoms with Crippen molar-refractivity contribution in [2.45, 2.75) is 31.4 Å². The molecule has 3 rings (SSSR count). The smallest absolute Gasteiger partial charge is 0.232 e. The van der Waals surface area contributed by atoms with E-state index in [9.17, 15) is 4.79 Å². The number of rotatable bonds is 8. The Morgan fingerprint density at radius 3 is 2.63 bits per heavy atom. The number of likely N-dealkylation sites (tertiary alicyclic amines) is 1. The van der Waals surface area contributed by atoms with Gasteiger partial charge in [0, 0.05) is 25.0 Å². The molecule has 1 aliphatic rings. The van der Waals surface area contributed by atoms with Crippen LogP contribution in [0.2, 0.25) is 0 Å². The Morgan fingerprint density at radius 1 is 1.19 bits per heavy atom. The quantitative estimate of drug-likeness (QED) is 0.684. The van der Waals surface area contributed by atoms with E-state index in [0.717, 1.165) is 55.5 Å². The standard InChI is InChI=1S/C22H28N2O2S/c1-26-21-9-7-18(8-10-21)5-6-19-11-14-24(15-12-19)22(25)17-27-16-20-4-2-3-13-23-20/h2-4,7-10,13,19H,5-6,11-12,14-17H2,1H3. The van der Waals surface area contributed by atoms with Crippen LogP contribution in [-0.4, -0.2) is 41.7 Å². The first-order chi connectivity index (χ1) is 13.2. The highest BCUT2D eigenvalue weighted by atomic mass is 32.2. The van der Waals surface area contributed by atoms with Crippen molar-refractivity contribution in [3.05, 3.63) is 59.9 Å². The van der Waals surface area contributed by atoms with Crippen LogP contribution < -0.4 is 4.74 Å². The molecular weight excluding hydrogens is 356 g/mol. The van der Waals surface area contributed by atoms with E-state index in [4.69, 9.17) is 4.74 Å². The molecule has 144 valence electrons. The first kappa shape index (κ1) is 19.7. The molecule has 1 aliphatic heterocycles. The van der Waals surface area contributed by atoms with E-state index in [1.54, 1.807) is 25.1 Å². The third-order valence-corrected chi connectivity index (χ3v) is 6.12. The number of aryl methyl sites for hydroxylation is 1. The maximum absolute atomic E-state index is 12.4. The van der Waals surface area contributed by atoms with E-state index >= 15 is 0 Å². The van der Waals surface area contributed by atoms with Crippen molar-refractivity contribution >= 4 is 17.7 Å². The van der Waals surface area contributed by atoms with Crippen LogP contribution in [0.4, 0.5) is 0 Å². The van der Waals surface area contributed by atoms with Crippen LogP contribution in [0.15, 0.2) is 48.7 Å². The molecule has 0 radical (unpaired) electrons. The van der Waals surface area contributed by atoms with Gasteiger partial charge >= 0.3 is 0 Å². The number of hydrogen-bond acceptors (Lipinski definition) is 4. The van der Waals surface area contributed by atoms with Gasteiger partial charge in [-0.25, -0.2) is 0 Å². The third kappa shape index (κ3) is 6.28. The molecule has 0 unspecified atom stereocenters. The number of thioether (sulfide) groups is 1. The Bertz CT molecular complexity index is 698. The third-order valence-electron chi connectivity index (χ3n) is 5.17. The lowest BCUT2D eigenvalue weighted by atomic mass is 9.90. The van der Waals surface area contributed by atoms with Crippen LogP contribution in [0.1, 0.15) is 30.5 Å². The minimum Gasteiger partial charge on any atom is -0.497 e. The lowest BCUT2D eigenvalue weighted by Gasteiger charge is -2.32. The molecule has 1 aromatic carbocycles. The zero-order valence-corrected chi connectivity index (χ0v) is 16.8. The molecule has 0 N–H and O–H groups in total. The number of carbonyl (C=O) groups excluding carboxylic acids is 1. The van der Waals surface area contributed by atoms with Crippen molar-refractivity contribution in [2.75, 3.05) is 26.0 Å². The number of amides is 1. The molecule has 1 amide bonds. The Kier molecular flexibility index (Phi) is 7.57. The second-order valence-electron chi connectivity index (χ2n) is 7.02. The van der Waals surface area contributed by atoms with Gasteiger partial charge in [0.05, 0.1) is 18.6 Å². The fourth-order valence-corrected chi connectivity index (χ4v) is 4.29. The highest BCUT2D eigenvalue weighted by Gasteiger charge is 2.22.